The predicted octanol–water partition coefficient (Wildman–Crippen LogP) is 4.01. The normalized spacial score (nSPS) is 13.5. The van der Waals surface area contributed by atoms with Gasteiger partial charge >= 0.3 is 5.97 Å². The van der Waals surface area contributed by atoms with Crippen molar-refractivity contribution >= 4 is 16.0 Å². The van der Waals surface area contributed by atoms with Crippen LogP contribution in [-0.2, 0) is 27.7 Å². The van der Waals surface area contributed by atoms with E-state index in [2.05, 4.69) is 23.8 Å². The second-order valence-electron chi connectivity index (χ2n) is 7.36. The van der Waals surface area contributed by atoms with Crippen LogP contribution in [0.3, 0.4) is 0 Å². The van der Waals surface area contributed by atoms with Crippen LogP contribution < -0.4 is 4.72 Å². The Morgan fingerprint density at radius 3 is 1.93 bits per heavy atom. The lowest BCUT2D eigenvalue weighted by Crippen LogP contribution is -2.42. The average molecular weight is 424 g/mol. The molecule has 0 fully saturated rings. The Morgan fingerprint density at radius 1 is 0.833 bits per heavy atom. The van der Waals surface area contributed by atoms with Crippen molar-refractivity contribution in [3.63, 3.8) is 0 Å². The van der Waals surface area contributed by atoms with Crippen LogP contribution in [0.1, 0.15) is 29.5 Å². The summed E-state index contributed by atoms with van der Waals surface area (Å²) in [7, 11) is -3.95. The van der Waals surface area contributed by atoms with E-state index in [9.17, 15) is 18.3 Å². The molecule has 3 aromatic rings. The molecule has 2 N–H and O–H groups in total. The molecule has 0 bridgehead atoms. The van der Waals surface area contributed by atoms with Gasteiger partial charge in [0.2, 0.25) is 10.0 Å². The van der Waals surface area contributed by atoms with Gasteiger partial charge in [-0.3, -0.25) is 4.79 Å². The molecule has 0 aromatic heterocycles. The van der Waals surface area contributed by atoms with Crippen molar-refractivity contribution in [2.45, 2.75) is 36.6 Å². The van der Waals surface area contributed by atoms with Crippen LogP contribution >= 0.6 is 0 Å². The third kappa shape index (κ3) is 5.78. The molecule has 0 saturated carbocycles. The third-order valence-electron chi connectivity index (χ3n) is 5.02. The van der Waals surface area contributed by atoms with E-state index >= 15 is 0 Å². The predicted molar refractivity (Wildman–Crippen MR) is 117 cm³/mol. The van der Waals surface area contributed by atoms with E-state index in [1.165, 1.54) is 17.7 Å². The first-order valence-corrected chi connectivity index (χ1v) is 11.3. The summed E-state index contributed by atoms with van der Waals surface area (Å²) in [4.78, 5) is 11.6. The van der Waals surface area contributed by atoms with Crippen molar-refractivity contribution in [1.29, 1.82) is 0 Å². The van der Waals surface area contributed by atoms with Crippen LogP contribution in [0.4, 0.5) is 0 Å². The highest BCUT2D eigenvalue weighted by Crippen LogP contribution is 2.21. The number of sulfonamides is 1. The summed E-state index contributed by atoms with van der Waals surface area (Å²) in [5.74, 6) is -0.912. The lowest BCUT2D eigenvalue weighted by molar-refractivity contribution is -0.138. The molecule has 0 aliphatic carbocycles. The van der Waals surface area contributed by atoms with Crippen LogP contribution in [-0.4, -0.2) is 25.5 Å². The minimum absolute atomic E-state index is 0.0536. The minimum atomic E-state index is -3.95. The van der Waals surface area contributed by atoms with Gasteiger partial charge in [0.25, 0.3) is 0 Å². The molecule has 6 heteroatoms. The van der Waals surface area contributed by atoms with Gasteiger partial charge in [-0.1, -0.05) is 79.7 Å². The molecule has 1 unspecified atom stereocenters. The van der Waals surface area contributed by atoms with Crippen LogP contribution in [0.2, 0.25) is 0 Å². The highest BCUT2D eigenvalue weighted by Gasteiger charge is 2.25. The lowest BCUT2D eigenvalue weighted by Gasteiger charge is -2.16. The number of hydrogen-bond donors (Lipinski definition) is 2. The zero-order chi connectivity index (χ0) is 21.6. The number of aliphatic carboxylic acids is 1. The topological polar surface area (TPSA) is 83.5 Å². The van der Waals surface area contributed by atoms with Gasteiger partial charge in [-0.2, -0.15) is 4.72 Å². The van der Waals surface area contributed by atoms with Gasteiger partial charge in [-0.05, 0) is 47.6 Å². The fourth-order valence-electron chi connectivity index (χ4n) is 3.34. The standard InChI is InChI=1S/C24H25NO4S/c1-18(21-10-6-3-7-11-21)16-20-12-14-22(15-13-20)30(28,29)25-23(24(26)27)17-19-8-4-2-5-9-19/h2-15,18,23,25H,16-17H2,1H3,(H,26,27)/t18?,23-/m0/s1. The molecule has 0 spiro atoms. The molecular formula is C24H25NO4S. The number of hydrogen-bond acceptors (Lipinski definition) is 3. The van der Waals surface area contributed by atoms with Gasteiger partial charge in [0.05, 0.1) is 4.90 Å². The monoisotopic (exact) mass is 423 g/mol. The van der Waals surface area contributed by atoms with Crippen molar-refractivity contribution in [1.82, 2.24) is 4.72 Å². The van der Waals surface area contributed by atoms with Crippen LogP contribution in [0.25, 0.3) is 0 Å². The molecule has 5 nitrogen and oxygen atoms in total. The molecule has 2 atom stereocenters. The van der Waals surface area contributed by atoms with Gasteiger partial charge in [0.15, 0.2) is 0 Å². The Balaban J connectivity index is 1.70. The highest BCUT2D eigenvalue weighted by atomic mass is 32.2. The van der Waals surface area contributed by atoms with Gasteiger partial charge in [-0.15, -0.1) is 0 Å². The summed E-state index contributed by atoms with van der Waals surface area (Å²) in [6, 6.07) is 24.4. The van der Waals surface area contributed by atoms with Crippen molar-refractivity contribution in [3.05, 3.63) is 102 Å². The lowest BCUT2D eigenvalue weighted by atomic mass is 9.94. The van der Waals surface area contributed by atoms with Crippen LogP contribution in [0, 0.1) is 0 Å². The summed E-state index contributed by atoms with van der Waals surface area (Å²) in [5, 5.41) is 9.47. The molecule has 0 aliphatic rings. The van der Waals surface area contributed by atoms with E-state index in [1.54, 1.807) is 36.4 Å². The van der Waals surface area contributed by atoms with E-state index < -0.39 is 22.0 Å². The van der Waals surface area contributed by atoms with E-state index in [1.807, 2.05) is 24.3 Å². The maximum absolute atomic E-state index is 12.7. The average Bonchev–Trinajstić information content (AvgIpc) is 2.75. The summed E-state index contributed by atoms with van der Waals surface area (Å²) >= 11 is 0. The van der Waals surface area contributed by atoms with Gasteiger partial charge in [0, 0.05) is 0 Å². The van der Waals surface area contributed by atoms with Gasteiger partial charge in [-0.25, -0.2) is 8.42 Å². The maximum Gasteiger partial charge on any atom is 0.322 e. The zero-order valence-corrected chi connectivity index (χ0v) is 17.5. The quantitative estimate of drug-likeness (QED) is 0.545. The van der Waals surface area contributed by atoms with Crippen molar-refractivity contribution < 1.29 is 18.3 Å². The van der Waals surface area contributed by atoms with Crippen LogP contribution in [0.15, 0.2) is 89.8 Å². The SMILES string of the molecule is CC(Cc1ccc(S(=O)(=O)N[C@@H](Cc2ccccc2)C(=O)O)cc1)c1ccccc1. The summed E-state index contributed by atoms with van der Waals surface area (Å²) in [5.41, 5.74) is 2.99. The highest BCUT2D eigenvalue weighted by molar-refractivity contribution is 7.89. The van der Waals surface area contributed by atoms with Crippen molar-refractivity contribution in [3.8, 4) is 0 Å². The first kappa shape index (κ1) is 21.7. The number of rotatable bonds is 9. The largest absolute Gasteiger partial charge is 0.480 e. The number of nitrogens with one attached hydrogen (secondary N) is 1. The molecule has 30 heavy (non-hydrogen) atoms. The molecule has 0 aliphatic heterocycles. The minimum Gasteiger partial charge on any atom is -0.480 e. The van der Waals surface area contributed by atoms with Gasteiger partial charge < -0.3 is 5.11 Å². The van der Waals surface area contributed by atoms with E-state index in [0.717, 1.165) is 17.5 Å². The molecular weight excluding hydrogens is 398 g/mol. The van der Waals surface area contributed by atoms with Crippen molar-refractivity contribution in [2.75, 3.05) is 0 Å². The van der Waals surface area contributed by atoms with E-state index in [0.29, 0.717) is 5.92 Å². The number of benzene rings is 3. The second-order valence-corrected chi connectivity index (χ2v) is 9.08. The summed E-state index contributed by atoms with van der Waals surface area (Å²) in [6.45, 7) is 2.13. The van der Waals surface area contributed by atoms with Gasteiger partial charge in [0.1, 0.15) is 6.04 Å². The van der Waals surface area contributed by atoms with E-state index in [4.69, 9.17) is 0 Å². The Kier molecular flexibility index (Phi) is 7.03. The molecule has 0 heterocycles. The van der Waals surface area contributed by atoms with Crippen LogP contribution in [0.5, 0.6) is 0 Å². The first-order chi connectivity index (χ1) is 14.3. The Morgan fingerprint density at radius 2 is 1.37 bits per heavy atom. The Hall–Kier alpha value is -2.96. The number of carbonyl (C=O) groups is 1. The first-order valence-electron chi connectivity index (χ1n) is 9.78. The smallest absolute Gasteiger partial charge is 0.322 e. The maximum atomic E-state index is 12.7. The second kappa shape index (κ2) is 9.69. The Bertz CT molecular complexity index is 1070. The number of carboxylic acid groups (broad SMARTS) is 1. The fourth-order valence-corrected chi connectivity index (χ4v) is 4.53. The molecule has 156 valence electrons. The molecule has 0 amide bonds. The summed E-state index contributed by atoms with van der Waals surface area (Å²) < 4.78 is 27.8. The van der Waals surface area contributed by atoms with E-state index in [-0.39, 0.29) is 11.3 Å². The van der Waals surface area contributed by atoms with Crippen molar-refractivity contribution in [2.24, 2.45) is 0 Å². The molecule has 3 aromatic carbocycles. The fraction of sp³-hybridized carbons (Fsp3) is 0.208. The zero-order valence-electron chi connectivity index (χ0n) is 16.7. The number of carboxylic acids is 1. The summed E-state index contributed by atoms with van der Waals surface area (Å²) in [6.07, 6.45) is 0.853. The molecule has 3 rings (SSSR count). The third-order valence-corrected chi connectivity index (χ3v) is 6.51. The Labute approximate surface area is 177 Å². The molecule has 0 radical (unpaired) electrons. The molecule has 0 saturated heterocycles.